The van der Waals surface area contributed by atoms with Crippen LogP contribution < -0.4 is 5.32 Å². The van der Waals surface area contributed by atoms with Crippen LogP contribution in [0.5, 0.6) is 0 Å². The summed E-state index contributed by atoms with van der Waals surface area (Å²) < 4.78 is 0. The van der Waals surface area contributed by atoms with E-state index >= 15 is 0 Å². The summed E-state index contributed by atoms with van der Waals surface area (Å²) in [6, 6.07) is 8.27. The summed E-state index contributed by atoms with van der Waals surface area (Å²) >= 11 is 4.01. The Morgan fingerprint density at radius 2 is 1.93 bits per heavy atom. The molecule has 1 aromatic carbocycles. The fourth-order valence-corrected chi connectivity index (χ4v) is 1.46. The normalized spacial score (nSPS) is 11.9. The van der Waals surface area contributed by atoms with Gasteiger partial charge in [-0.2, -0.15) is 12.6 Å². The maximum Gasteiger partial charge on any atom is 0.251 e. The Balaban J connectivity index is 2.67. The fourth-order valence-electron chi connectivity index (χ4n) is 1.11. The van der Waals surface area contributed by atoms with Crippen LogP contribution in [-0.4, -0.2) is 23.5 Å². The molecule has 0 spiro atoms. The van der Waals surface area contributed by atoms with Gasteiger partial charge >= 0.3 is 0 Å². The van der Waals surface area contributed by atoms with Crippen molar-refractivity contribution in [3.05, 3.63) is 35.9 Å². The summed E-state index contributed by atoms with van der Waals surface area (Å²) in [6.07, 6.45) is 0. The molecule has 0 saturated carbocycles. The molecule has 4 heteroatoms. The van der Waals surface area contributed by atoms with Crippen LogP contribution in [0.4, 0.5) is 0 Å². The number of carbonyl (C=O) groups is 2. The number of ketones is 1. The summed E-state index contributed by atoms with van der Waals surface area (Å²) in [4.78, 5) is 22.7. The van der Waals surface area contributed by atoms with Crippen molar-refractivity contribution in [1.29, 1.82) is 0 Å². The van der Waals surface area contributed by atoms with Gasteiger partial charge in [0.2, 0.25) is 0 Å². The molecule has 1 unspecified atom stereocenters. The molecule has 0 heterocycles. The molecule has 1 aromatic rings. The third kappa shape index (κ3) is 3.40. The Morgan fingerprint density at radius 1 is 1.33 bits per heavy atom. The van der Waals surface area contributed by atoms with E-state index < -0.39 is 6.04 Å². The van der Waals surface area contributed by atoms with Gasteiger partial charge in [0, 0.05) is 11.3 Å². The number of nitrogens with one attached hydrogen (secondary N) is 1. The molecule has 3 nitrogen and oxygen atoms in total. The van der Waals surface area contributed by atoms with Gasteiger partial charge in [0.15, 0.2) is 5.78 Å². The smallest absolute Gasteiger partial charge is 0.251 e. The second kappa shape index (κ2) is 5.56. The Morgan fingerprint density at radius 3 is 2.40 bits per heavy atom. The molecule has 0 aliphatic carbocycles. The van der Waals surface area contributed by atoms with E-state index in [9.17, 15) is 9.59 Å². The first-order valence-corrected chi connectivity index (χ1v) is 5.25. The van der Waals surface area contributed by atoms with Crippen molar-refractivity contribution in [2.45, 2.75) is 13.0 Å². The molecule has 15 heavy (non-hydrogen) atoms. The Labute approximate surface area is 94.3 Å². The number of rotatable bonds is 4. The second-order valence-corrected chi connectivity index (χ2v) is 3.55. The molecule has 0 aliphatic rings. The third-order valence-electron chi connectivity index (χ3n) is 2.01. The summed E-state index contributed by atoms with van der Waals surface area (Å²) in [5, 5.41) is 2.62. The van der Waals surface area contributed by atoms with Crippen LogP contribution in [-0.2, 0) is 4.79 Å². The lowest BCUT2D eigenvalue weighted by Gasteiger charge is -2.12. The predicted octanol–water partition coefficient (Wildman–Crippen LogP) is 1.30. The van der Waals surface area contributed by atoms with Crippen LogP contribution in [0.15, 0.2) is 30.3 Å². The molecule has 0 bridgehead atoms. The van der Waals surface area contributed by atoms with Gasteiger partial charge in [0.1, 0.15) is 0 Å². The highest BCUT2D eigenvalue weighted by Gasteiger charge is 2.15. The summed E-state index contributed by atoms with van der Waals surface area (Å²) in [5.41, 5.74) is 0.547. The van der Waals surface area contributed by atoms with Gasteiger partial charge in [-0.1, -0.05) is 18.2 Å². The topological polar surface area (TPSA) is 46.2 Å². The number of carbonyl (C=O) groups excluding carboxylic acids is 2. The minimum absolute atomic E-state index is 0.0886. The van der Waals surface area contributed by atoms with Gasteiger partial charge in [-0.05, 0) is 19.1 Å². The molecule has 1 N–H and O–H groups in total. The van der Waals surface area contributed by atoms with Crippen LogP contribution in [0.2, 0.25) is 0 Å². The van der Waals surface area contributed by atoms with Crippen LogP contribution in [0.1, 0.15) is 17.3 Å². The van der Waals surface area contributed by atoms with Gasteiger partial charge in [0.25, 0.3) is 5.91 Å². The standard InChI is InChI=1S/C11H13NO2S/c1-8(13)10(7-15)12-11(14)9-5-3-2-4-6-9/h2-6,10,15H,7H2,1H3,(H,12,14). The zero-order chi connectivity index (χ0) is 11.3. The van der Waals surface area contributed by atoms with Crippen molar-refractivity contribution >= 4 is 24.3 Å². The van der Waals surface area contributed by atoms with E-state index in [0.717, 1.165) is 0 Å². The highest BCUT2D eigenvalue weighted by atomic mass is 32.1. The van der Waals surface area contributed by atoms with Crippen molar-refractivity contribution in [3.8, 4) is 0 Å². The molecule has 1 amide bonds. The van der Waals surface area contributed by atoms with E-state index in [2.05, 4.69) is 17.9 Å². The zero-order valence-corrected chi connectivity index (χ0v) is 9.33. The third-order valence-corrected chi connectivity index (χ3v) is 2.38. The monoisotopic (exact) mass is 223 g/mol. The molecule has 0 fully saturated rings. The van der Waals surface area contributed by atoms with E-state index in [1.807, 2.05) is 6.07 Å². The Kier molecular flexibility index (Phi) is 4.37. The largest absolute Gasteiger partial charge is 0.341 e. The van der Waals surface area contributed by atoms with E-state index in [1.165, 1.54) is 6.92 Å². The minimum atomic E-state index is -0.513. The number of benzene rings is 1. The lowest BCUT2D eigenvalue weighted by atomic mass is 10.2. The number of thiol groups is 1. The van der Waals surface area contributed by atoms with E-state index in [4.69, 9.17) is 0 Å². The fraction of sp³-hybridized carbons (Fsp3) is 0.273. The molecule has 0 saturated heterocycles. The van der Waals surface area contributed by atoms with Crippen molar-refractivity contribution in [2.75, 3.05) is 5.75 Å². The van der Waals surface area contributed by atoms with Crippen LogP contribution >= 0.6 is 12.6 Å². The average molecular weight is 223 g/mol. The van der Waals surface area contributed by atoms with Crippen LogP contribution in [0.25, 0.3) is 0 Å². The van der Waals surface area contributed by atoms with Gasteiger partial charge in [0.05, 0.1) is 6.04 Å². The summed E-state index contributed by atoms with van der Waals surface area (Å²) in [5.74, 6) is -0.0207. The van der Waals surface area contributed by atoms with Crippen LogP contribution in [0, 0.1) is 0 Å². The van der Waals surface area contributed by atoms with Crippen molar-refractivity contribution in [2.24, 2.45) is 0 Å². The van der Waals surface area contributed by atoms with E-state index in [0.29, 0.717) is 11.3 Å². The Hall–Kier alpha value is -1.29. The second-order valence-electron chi connectivity index (χ2n) is 3.19. The van der Waals surface area contributed by atoms with Crippen LogP contribution in [0.3, 0.4) is 0 Å². The highest BCUT2D eigenvalue weighted by molar-refractivity contribution is 7.80. The first-order valence-electron chi connectivity index (χ1n) is 4.62. The van der Waals surface area contributed by atoms with E-state index in [-0.39, 0.29) is 11.7 Å². The molecule has 0 radical (unpaired) electrons. The van der Waals surface area contributed by atoms with Crippen molar-refractivity contribution in [3.63, 3.8) is 0 Å². The molecule has 0 aliphatic heterocycles. The minimum Gasteiger partial charge on any atom is -0.341 e. The molecule has 0 aromatic heterocycles. The number of hydrogen-bond acceptors (Lipinski definition) is 3. The number of amides is 1. The predicted molar refractivity (Wildman–Crippen MR) is 62.2 cm³/mol. The molecule has 80 valence electrons. The summed E-state index contributed by atoms with van der Waals surface area (Å²) in [7, 11) is 0. The molecule has 1 rings (SSSR count). The first kappa shape index (κ1) is 11.8. The maximum absolute atomic E-state index is 11.6. The van der Waals surface area contributed by atoms with Crippen molar-refractivity contribution < 1.29 is 9.59 Å². The molecule has 1 atom stereocenters. The number of hydrogen-bond donors (Lipinski definition) is 2. The molecular weight excluding hydrogens is 210 g/mol. The summed E-state index contributed by atoms with van der Waals surface area (Å²) in [6.45, 7) is 1.44. The van der Waals surface area contributed by atoms with Gasteiger partial charge in [-0.25, -0.2) is 0 Å². The van der Waals surface area contributed by atoms with E-state index in [1.54, 1.807) is 24.3 Å². The average Bonchev–Trinajstić information content (AvgIpc) is 2.26. The van der Waals surface area contributed by atoms with Crippen molar-refractivity contribution in [1.82, 2.24) is 5.32 Å². The van der Waals surface area contributed by atoms with Gasteiger partial charge < -0.3 is 5.32 Å². The molecular formula is C11H13NO2S. The quantitative estimate of drug-likeness (QED) is 0.756. The van der Waals surface area contributed by atoms with Gasteiger partial charge in [-0.3, -0.25) is 9.59 Å². The SMILES string of the molecule is CC(=O)C(CS)NC(=O)c1ccccc1. The lowest BCUT2D eigenvalue weighted by Crippen LogP contribution is -2.41. The number of Topliss-reactive ketones (excluding diaryl/α,β-unsaturated/α-hetero) is 1. The zero-order valence-electron chi connectivity index (χ0n) is 8.43. The Bertz CT molecular complexity index is 351. The lowest BCUT2D eigenvalue weighted by molar-refractivity contribution is -0.118. The maximum atomic E-state index is 11.6. The van der Waals surface area contributed by atoms with Gasteiger partial charge in [-0.15, -0.1) is 0 Å². The highest BCUT2D eigenvalue weighted by Crippen LogP contribution is 1.99. The first-order chi connectivity index (χ1) is 7.15.